The Bertz CT molecular complexity index is 195. The van der Waals surface area contributed by atoms with Crippen molar-refractivity contribution in [2.75, 3.05) is 5.88 Å². The maximum Gasteiger partial charge on any atom is 0.226 e. The van der Waals surface area contributed by atoms with Gasteiger partial charge in [-0.25, -0.2) is 0 Å². The topological polar surface area (TPSA) is 29.1 Å². The third-order valence-electron chi connectivity index (χ3n) is 3.27. The second-order valence-corrected chi connectivity index (χ2v) is 4.81. The molecule has 0 radical (unpaired) electrons. The van der Waals surface area contributed by atoms with Gasteiger partial charge in [0.25, 0.3) is 0 Å². The molecule has 0 bridgehead atoms. The van der Waals surface area contributed by atoms with Crippen molar-refractivity contribution in [3.63, 3.8) is 0 Å². The van der Waals surface area contributed by atoms with Gasteiger partial charge in [-0.05, 0) is 19.3 Å². The van der Waals surface area contributed by atoms with Crippen LogP contribution in [0.5, 0.6) is 0 Å². The molecule has 0 aliphatic heterocycles. The third kappa shape index (κ3) is 2.63. The van der Waals surface area contributed by atoms with Crippen LogP contribution in [-0.2, 0) is 4.79 Å². The van der Waals surface area contributed by atoms with Crippen LogP contribution in [0.2, 0.25) is 0 Å². The molecule has 1 aliphatic carbocycles. The third-order valence-corrected chi connectivity index (χ3v) is 3.64. The van der Waals surface area contributed by atoms with E-state index in [0.29, 0.717) is 5.88 Å². The highest BCUT2D eigenvalue weighted by atomic mass is 35.5. The van der Waals surface area contributed by atoms with Crippen LogP contribution >= 0.6 is 11.6 Å². The van der Waals surface area contributed by atoms with Gasteiger partial charge in [0, 0.05) is 17.3 Å². The summed E-state index contributed by atoms with van der Waals surface area (Å²) < 4.78 is 0. The number of carbonyl (C=O) groups excluding carboxylic acids is 1. The Labute approximate surface area is 91.4 Å². The Balaban J connectivity index is 2.48. The highest BCUT2D eigenvalue weighted by Gasteiger charge is 2.36. The van der Waals surface area contributed by atoms with Crippen molar-refractivity contribution in [3.05, 3.63) is 0 Å². The molecule has 1 unspecified atom stereocenters. The molecule has 1 aliphatic rings. The minimum atomic E-state index is -0.126. The standard InChI is InChI=1S/C11H20ClNO/c1-3-9(8-12)13-10(14)11(2)6-4-5-7-11/h9H,3-8H2,1-2H3,(H,13,14). The van der Waals surface area contributed by atoms with Gasteiger partial charge in [0.05, 0.1) is 0 Å². The van der Waals surface area contributed by atoms with E-state index in [-0.39, 0.29) is 17.4 Å². The fraction of sp³-hybridized carbons (Fsp3) is 0.909. The lowest BCUT2D eigenvalue weighted by atomic mass is 9.87. The first-order chi connectivity index (χ1) is 6.62. The number of nitrogens with one attached hydrogen (secondary N) is 1. The van der Waals surface area contributed by atoms with Gasteiger partial charge >= 0.3 is 0 Å². The summed E-state index contributed by atoms with van der Waals surface area (Å²) in [5.41, 5.74) is -0.126. The summed E-state index contributed by atoms with van der Waals surface area (Å²) in [7, 11) is 0. The molecule has 0 aromatic carbocycles. The van der Waals surface area contributed by atoms with Crippen LogP contribution in [0.4, 0.5) is 0 Å². The van der Waals surface area contributed by atoms with E-state index in [1.165, 1.54) is 12.8 Å². The summed E-state index contributed by atoms with van der Waals surface area (Å²) in [6.07, 6.45) is 5.32. The van der Waals surface area contributed by atoms with Crippen LogP contribution in [-0.4, -0.2) is 17.8 Å². The van der Waals surface area contributed by atoms with Crippen molar-refractivity contribution in [2.24, 2.45) is 5.41 Å². The molecule has 0 saturated heterocycles. The first-order valence-corrected chi connectivity index (χ1v) is 6.03. The number of amides is 1. The SMILES string of the molecule is CCC(CCl)NC(=O)C1(C)CCCC1. The fourth-order valence-electron chi connectivity index (χ4n) is 1.99. The van der Waals surface area contributed by atoms with Gasteiger partial charge in [0.15, 0.2) is 0 Å². The molecule has 82 valence electrons. The largest absolute Gasteiger partial charge is 0.352 e. The highest BCUT2D eigenvalue weighted by Crippen LogP contribution is 2.37. The van der Waals surface area contributed by atoms with Gasteiger partial charge in [-0.15, -0.1) is 11.6 Å². The second-order valence-electron chi connectivity index (χ2n) is 4.50. The summed E-state index contributed by atoms with van der Waals surface area (Å²) >= 11 is 5.75. The van der Waals surface area contributed by atoms with Crippen LogP contribution < -0.4 is 5.32 Å². The number of carbonyl (C=O) groups is 1. The highest BCUT2D eigenvalue weighted by molar-refractivity contribution is 6.18. The molecule has 0 aromatic heterocycles. The van der Waals surface area contributed by atoms with Crippen molar-refractivity contribution < 1.29 is 4.79 Å². The quantitative estimate of drug-likeness (QED) is 0.721. The molecule has 1 atom stereocenters. The average Bonchev–Trinajstić information content (AvgIpc) is 2.62. The van der Waals surface area contributed by atoms with E-state index in [2.05, 4.69) is 12.2 Å². The van der Waals surface area contributed by atoms with E-state index >= 15 is 0 Å². The molecule has 1 amide bonds. The van der Waals surface area contributed by atoms with E-state index in [1.54, 1.807) is 0 Å². The predicted molar refractivity (Wildman–Crippen MR) is 59.5 cm³/mol. The minimum Gasteiger partial charge on any atom is -0.352 e. The molecule has 14 heavy (non-hydrogen) atoms. The maximum absolute atomic E-state index is 11.9. The first-order valence-electron chi connectivity index (χ1n) is 5.49. The van der Waals surface area contributed by atoms with Crippen molar-refractivity contribution >= 4 is 17.5 Å². The van der Waals surface area contributed by atoms with Crippen LogP contribution in [0.1, 0.15) is 46.0 Å². The van der Waals surface area contributed by atoms with Crippen molar-refractivity contribution in [2.45, 2.75) is 52.0 Å². The van der Waals surface area contributed by atoms with Crippen LogP contribution in [0.15, 0.2) is 0 Å². The molecule has 0 spiro atoms. The summed E-state index contributed by atoms with van der Waals surface area (Å²) in [4.78, 5) is 11.9. The molecular formula is C11H20ClNO. The zero-order chi connectivity index (χ0) is 10.6. The number of alkyl halides is 1. The van der Waals surface area contributed by atoms with Gasteiger partial charge in [0.1, 0.15) is 0 Å². The summed E-state index contributed by atoms with van der Waals surface area (Å²) in [6, 6.07) is 0.140. The number of rotatable bonds is 4. The van der Waals surface area contributed by atoms with E-state index < -0.39 is 0 Å². The van der Waals surface area contributed by atoms with Gasteiger partial charge in [0.2, 0.25) is 5.91 Å². The molecule has 1 rings (SSSR count). The number of hydrogen-bond donors (Lipinski definition) is 1. The van der Waals surface area contributed by atoms with Gasteiger partial charge in [-0.1, -0.05) is 26.7 Å². The Morgan fingerprint density at radius 3 is 2.50 bits per heavy atom. The van der Waals surface area contributed by atoms with Crippen LogP contribution in [0.25, 0.3) is 0 Å². The Hall–Kier alpha value is -0.240. The number of halogens is 1. The molecular weight excluding hydrogens is 198 g/mol. The molecule has 1 N–H and O–H groups in total. The molecule has 1 fully saturated rings. The smallest absolute Gasteiger partial charge is 0.226 e. The maximum atomic E-state index is 11.9. The summed E-state index contributed by atoms with van der Waals surface area (Å²) in [5, 5.41) is 3.03. The van der Waals surface area contributed by atoms with E-state index in [9.17, 15) is 4.79 Å². The fourth-order valence-corrected chi connectivity index (χ4v) is 2.29. The molecule has 0 heterocycles. The Kier molecular flexibility index (Phi) is 4.24. The molecule has 1 saturated carbocycles. The first kappa shape index (κ1) is 11.8. The molecule has 0 aromatic rings. The lowest BCUT2D eigenvalue weighted by molar-refractivity contribution is -0.130. The molecule has 3 heteroatoms. The minimum absolute atomic E-state index is 0.126. The molecule has 2 nitrogen and oxygen atoms in total. The van der Waals surface area contributed by atoms with Gasteiger partial charge < -0.3 is 5.32 Å². The average molecular weight is 218 g/mol. The lowest BCUT2D eigenvalue weighted by Gasteiger charge is -2.25. The van der Waals surface area contributed by atoms with Crippen molar-refractivity contribution in [3.8, 4) is 0 Å². The summed E-state index contributed by atoms with van der Waals surface area (Å²) in [6.45, 7) is 4.11. The van der Waals surface area contributed by atoms with E-state index in [0.717, 1.165) is 19.3 Å². The normalized spacial score (nSPS) is 21.9. The van der Waals surface area contributed by atoms with Gasteiger partial charge in [-0.2, -0.15) is 0 Å². The Morgan fingerprint density at radius 2 is 2.07 bits per heavy atom. The monoisotopic (exact) mass is 217 g/mol. The second kappa shape index (κ2) is 5.01. The predicted octanol–water partition coefficient (Wildman–Crippen LogP) is 2.70. The van der Waals surface area contributed by atoms with Crippen LogP contribution in [0, 0.1) is 5.41 Å². The number of hydrogen-bond acceptors (Lipinski definition) is 1. The summed E-state index contributed by atoms with van der Waals surface area (Å²) in [5.74, 6) is 0.709. The van der Waals surface area contributed by atoms with E-state index in [4.69, 9.17) is 11.6 Å². The zero-order valence-corrected chi connectivity index (χ0v) is 9.86. The van der Waals surface area contributed by atoms with Crippen molar-refractivity contribution in [1.29, 1.82) is 0 Å². The van der Waals surface area contributed by atoms with E-state index in [1.807, 2.05) is 6.92 Å². The van der Waals surface area contributed by atoms with Crippen molar-refractivity contribution in [1.82, 2.24) is 5.32 Å². The zero-order valence-electron chi connectivity index (χ0n) is 9.11. The Morgan fingerprint density at radius 1 is 1.50 bits per heavy atom. The lowest BCUT2D eigenvalue weighted by Crippen LogP contribution is -2.43. The van der Waals surface area contributed by atoms with Gasteiger partial charge in [-0.3, -0.25) is 4.79 Å². The van der Waals surface area contributed by atoms with Crippen LogP contribution in [0.3, 0.4) is 0 Å².